The predicted octanol–water partition coefficient (Wildman–Crippen LogP) is 2.45. The van der Waals surface area contributed by atoms with E-state index in [4.69, 9.17) is 0 Å². The maximum absolute atomic E-state index is 11.5. The summed E-state index contributed by atoms with van der Waals surface area (Å²) < 4.78 is 1.77. The van der Waals surface area contributed by atoms with Crippen LogP contribution in [0.4, 0.5) is 0 Å². The van der Waals surface area contributed by atoms with Gasteiger partial charge in [0.1, 0.15) is 0 Å². The Hall–Kier alpha value is -2.10. The minimum absolute atomic E-state index is 0.278. The van der Waals surface area contributed by atoms with Crippen molar-refractivity contribution in [3.8, 4) is 5.69 Å². The van der Waals surface area contributed by atoms with E-state index in [2.05, 4.69) is 5.10 Å². The molecule has 0 atom stereocenters. The fourth-order valence-electron chi connectivity index (χ4n) is 2.59. The molecule has 0 aliphatic rings. The number of benzene rings is 1. The summed E-state index contributed by atoms with van der Waals surface area (Å²) in [7, 11) is 0. The summed E-state index contributed by atoms with van der Waals surface area (Å²) >= 11 is 0. The normalized spacial score (nSPS) is 10.8. The molecule has 1 heterocycles. The molecule has 0 radical (unpaired) electrons. The molecule has 0 saturated heterocycles. The predicted molar refractivity (Wildman–Crippen MR) is 80.6 cm³/mol. The molecule has 0 saturated carbocycles. The van der Waals surface area contributed by atoms with Gasteiger partial charge < -0.3 is 9.90 Å². The first-order chi connectivity index (χ1) is 10.1. The number of nitrogens with zero attached hydrogens (tertiary/aromatic N) is 2. The Kier molecular flexibility index (Phi) is 4.78. The van der Waals surface area contributed by atoms with Gasteiger partial charge in [0, 0.05) is 5.56 Å². The first kappa shape index (κ1) is 15.3. The van der Waals surface area contributed by atoms with E-state index in [1.807, 2.05) is 45.0 Å². The number of carbonyl (C=O) groups excluding carboxylic acids is 1. The average Bonchev–Trinajstić information content (AvgIpc) is 2.78. The van der Waals surface area contributed by atoms with Gasteiger partial charge in [0.25, 0.3) is 0 Å². The summed E-state index contributed by atoms with van der Waals surface area (Å²) in [6, 6.07) is 7.94. The third-order valence-corrected chi connectivity index (χ3v) is 3.48. The first-order valence-electron chi connectivity index (χ1n) is 7.47. The molecule has 1 aromatic carbocycles. The van der Waals surface area contributed by atoms with E-state index in [0.717, 1.165) is 29.8 Å². The summed E-state index contributed by atoms with van der Waals surface area (Å²) in [5.41, 5.74) is 3.68. The van der Waals surface area contributed by atoms with Crippen LogP contribution in [-0.2, 0) is 12.8 Å². The lowest BCUT2D eigenvalue weighted by Crippen LogP contribution is -2.25. The maximum atomic E-state index is 11.5. The molecule has 4 heteroatoms. The molecule has 0 unspecified atom stereocenters. The van der Waals surface area contributed by atoms with E-state index in [-0.39, 0.29) is 5.56 Å². The van der Waals surface area contributed by atoms with Crippen molar-refractivity contribution < 1.29 is 9.90 Å². The smallest absolute Gasteiger partial charge is 0.0752 e. The molecular weight excluding hydrogens is 264 g/mol. The number of rotatable bonds is 6. The highest BCUT2D eigenvalue weighted by Gasteiger charge is 2.18. The van der Waals surface area contributed by atoms with Gasteiger partial charge in [-0.25, -0.2) is 4.68 Å². The lowest BCUT2D eigenvalue weighted by Gasteiger charge is -2.10. The molecule has 0 fully saturated rings. The highest BCUT2D eigenvalue weighted by Crippen LogP contribution is 2.22. The summed E-state index contributed by atoms with van der Waals surface area (Å²) in [5.74, 6) is -1.12. The zero-order valence-electron chi connectivity index (χ0n) is 12.8. The Labute approximate surface area is 125 Å². The minimum Gasteiger partial charge on any atom is -0.545 e. The quantitative estimate of drug-likeness (QED) is 0.819. The molecule has 2 aromatic rings. The Morgan fingerprint density at radius 3 is 2.52 bits per heavy atom. The molecule has 0 aliphatic heterocycles. The van der Waals surface area contributed by atoms with Gasteiger partial charge in [-0.2, -0.15) is 5.10 Å². The highest BCUT2D eigenvalue weighted by molar-refractivity contribution is 5.89. The number of aromatic carboxylic acids is 1. The van der Waals surface area contributed by atoms with Crippen molar-refractivity contribution in [2.45, 2.75) is 46.5 Å². The van der Waals surface area contributed by atoms with E-state index < -0.39 is 5.97 Å². The molecule has 0 bridgehead atoms. The lowest BCUT2D eigenvalue weighted by molar-refractivity contribution is -0.255. The average molecular weight is 285 g/mol. The fourth-order valence-corrected chi connectivity index (χ4v) is 2.59. The summed E-state index contributed by atoms with van der Waals surface area (Å²) in [6.45, 7) is 6.06. The number of aromatic nitrogens is 2. The SMILES string of the molecule is CCCc1nn(-c2cccc(C)c2)c(CCC)c1C(=O)[O-]. The molecule has 4 nitrogen and oxygen atoms in total. The van der Waals surface area contributed by atoms with E-state index in [1.165, 1.54) is 0 Å². The number of hydrogen-bond donors (Lipinski definition) is 0. The van der Waals surface area contributed by atoms with E-state index in [1.54, 1.807) is 4.68 Å². The van der Waals surface area contributed by atoms with Crippen molar-refractivity contribution in [3.05, 3.63) is 46.8 Å². The largest absolute Gasteiger partial charge is 0.545 e. The van der Waals surface area contributed by atoms with Crippen LogP contribution in [-0.4, -0.2) is 15.7 Å². The fraction of sp³-hybridized carbons (Fsp3) is 0.412. The van der Waals surface area contributed by atoms with Crippen molar-refractivity contribution in [1.82, 2.24) is 9.78 Å². The van der Waals surface area contributed by atoms with Crippen LogP contribution >= 0.6 is 0 Å². The summed E-state index contributed by atoms with van der Waals surface area (Å²) in [5, 5.41) is 16.1. The third-order valence-electron chi connectivity index (χ3n) is 3.48. The van der Waals surface area contributed by atoms with Gasteiger partial charge in [0.2, 0.25) is 0 Å². The van der Waals surface area contributed by atoms with Gasteiger partial charge in [0.05, 0.1) is 23.0 Å². The van der Waals surface area contributed by atoms with Crippen LogP contribution in [0, 0.1) is 6.92 Å². The van der Waals surface area contributed by atoms with Gasteiger partial charge in [-0.05, 0) is 37.5 Å². The van der Waals surface area contributed by atoms with Crippen LogP contribution in [0.25, 0.3) is 5.69 Å². The molecule has 2 rings (SSSR count). The van der Waals surface area contributed by atoms with Crippen LogP contribution in [0.1, 0.15) is 54.0 Å². The Balaban J connectivity index is 2.64. The van der Waals surface area contributed by atoms with Crippen LogP contribution in [0.3, 0.4) is 0 Å². The van der Waals surface area contributed by atoms with Gasteiger partial charge in [0.15, 0.2) is 0 Å². The van der Waals surface area contributed by atoms with Crippen LogP contribution in [0.15, 0.2) is 24.3 Å². The maximum Gasteiger partial charge on any atom is 0.0752 e. The number of carbonyl (C=O) groups is 1. The zero-order chi connectivity index (χ0) is 15.4. The summed E-state index contributed by atoms with van der Waals surface area (Å²) in [4.78, 5) is 11.5. The number of carboxylic acid groups (broad SMARTS) is 1. The molecule has 0 aliphatic carbocycles. The molecule has 112 valence electrons. The molecule has 21 heavy (non-hydrogen) atoms. The third kappa shape index (κ3) is 3.15. The first-order valence-corrected chi connectivity index (χ1v) is 7.47. The van der Waals surface area contributed by atoms with Gasteiger partial charge >= 0.3 is 0 Å². The highest BCUT2D eigenvalue weighted by atomic mass is 16.4. The van der Waals surface area contributed by atoms with Gasteiger partial charge in [-0.1, -0.05) is 38.8 Å². The standard InChI is InChI=1S/C17H22N2O2/c1-4-7-14-16(17(20)21)15(8-5-2)19(18-14)13-10-6-9-12(3)11-13/h6,9-11H,4-5,7-8H2,1-3H3,(H,20,21)/p-1. The van der Waals surface area contributed by atoms with Crippen molar-refractivity contribution >= 4 is 5.97 Å². The minimum atomic E-state index is -1.12. The van der Waals surface area contributed by atoms with Crippen molar-refractivity contribution in [2.75, 3.05) is 0 Å². The molecule has 0 N–H and O–H groups in total. The van der Waals surface area contributed by atoms with Crippen LogP contribution in [0.2, 0.25) is 0 Å². The molecule has 0 amide bonds. The Bertz CT molecular complexity index is 644. The Morgan fingerprint density at radius 2 is 1.95 bits per heavy atom. The molecule has 1 aromatic heterocycles. The molecule has 0 spiro atoms. The van der Waals surface area contributed by atoms with Crippen LogP contribution < -0.4 is 5.11 Å². The van der Waals surface area contributed by atoms with Gasteiger partial charge in [-0.3, -0.25) is 0 Å². The molecular formula is C17H21N2O2-. The van der Waals surface area contributed by atoms with Gasteiger partial charge in [-0.15, -0.1) is 0 Å². The Morgan fingerprint density at radius 1 is 1.24 bits per heavy atom. The van der Waals surface area contributed by atoms with E-state index in [0.29, 0.717) is 18.5 Å². The second-order valence-corrected chi connectivity index (χ2v) is 5.31. The van der Waals surface area contributed by atoms with E-state index >= 15 is 0 Å². The lowest BCUT2D eigenvalue weighted by atomic mass is 10.1. The van der Waals surface area contributed by atoms with Crippen molar-refractivity contribution in [2.24, 2.45) is 0 Å². The number of aryl methyl sites for hydroxylation is 2. The monoisotopic (exact) mass is 285 g/mol. The van der Waals surface area contributed by atoms with Crippen molar-refractivity contribution in [3.63, 3.8) is 0 Å². The number of carboxylic acids is 1. The second kappa shape index (κ2) is 6.57. The van der Waals surface area contributed by atoms with E-state index in [9.17, 15) is 9.90 Å². The topological polar surface area (TPSA) is 58.0 Å². The van der Waals surface area contributed by atoms with Crippen molar-refractivity contribution in [1.29, 1.82) is 0 Å². The number of hydrogen-bond acceptors (Lipinski definition) is 3. The summed E-state index contributed by atoms with van der Waals surface area (Å²) in [6.07, 6.45) is 3.05. The van der Waals surface area contributed by atoms with Crippen LogP contribution in [0.5, 0.6) is 0 Å². The zero-order valence-corrected chi connectivity index (χ0v) is 12.8. The second-order valence-electron chi connectivity index (χ2n) is 5.31.